The highest BCUT2D eigenvalue weighted by Crippen LogP contribution is 2.22. The van der Waals surface area contributed by atoms with Crippen LogP contribution in [0.25, 0.3) is 0 Å². The van der Waals surface area contributed by atoms with Crippen molar-refractivity contribution >= 4 is 11.6 Å². The van der Waals surface area contributed by atoms with Crippen LogP contribution in [0.4, 0.5) is 5.69 Å². The molecule has 0 radical (unpaired) electrons. The molecule has 80 valence electrons. The second-order valence-electron chi connectivity index (χ2n) is 3.79. The van der Waals surface area contributed by atoms with E-state index in [4.69, 9.17) is 5.11 Å². The molecule has 0 atom stereocenters. The Kier molecular flexibility index (Phi) is 3.02. The summed E-state index contributed by atoms with van der Waals surface area (Å²) in [5.41, 5.74) is 2.19. The molecule has 1 N–H and O–H groups in total. The van der Waals surface area contributed by atoms with E-state index in [9.17, 15) is 4.79 Å². The van der Waals surface area contributed by atoms with Crippen LogP contribution in [0.15, 0.2) is 24.3 Å². The first kappa shape index (κ1) is 10.2. The molecule has 0 aromatic heterocycles. The summed E-state index contributed by atoms with van der Waals surface area (Å²) in [6.07, 6.45) is 2.36. The smallest absolute Gasteiger partial charge is 0.228 e. The first-order chi connectivity index (χ1) is 7.31. The number of carbonyl (C=O) groups is 1. The van der Waals surface area contributed by atoms with E-state index >= 15 is 0 Å². The molecule has 1 heterocycles. The topological polar surface area (TPSA) is 40.5 Å². The molecule has 1 saturated heterocycles. The first-order valence-electron chi connectivity index (χ1n) is 5.31. The van der Waals surface area contributed by atoms with Crippen molar-refractivity contribution in [2.24, 2.45) is 0 Å². The highest BCUT2D eigenvalue weighted by atomic mass is 16.2. The lowest BCUT2D eigenvalue weighted by Crippen LogP contribution is -2.43. The maximum Gasteiger partial charge on any atom is 0.228 e. The van der Waals surface area contributed by atoms with Crippen LogP contribution in [0.3, 0.4) is 0 Å². The van der Waals surface area contributed by atoms with Crippen molar-refractivity contribution in [2.75, 3.05) is 18.1 Å². The van der Waals surface area contributed by atoms with Crippen molar-refractivity contribution in [1.82, 2.24) is 0 Å². The van der Waals surface area contributed by atoms with Gasteiger partial charge in [0.1, 0.15) is 0 Å². The van der Waals surface area contributed by atoms with Crippen LogP contribution in [0, 0.1) is 0 Å². The number of carbonyl (C=O) groups excluding carboxylic acids is 1. The highest BCUT2D eigenvalue weighted by Gasteiger charge is 2.24. The van der Waals surface area contributed by atoms with Gasteiger partial charge in [0.25, 0.3) is 0 Å². The maximum atomic E-state index is 11.2. The standard InChI is InChI=1S/C12H15NO2/c14-9-1-2-10-3-5-11(6-4-10)13-8-7-12(13)15/h3-6,14H,1-2,7-9H2. The van der Waals surface area contributed by atoms with E-state index in [-0.39, 0.29) is 12.5 Å². The molecule has 2 rings (SSSR count). The summed E-state index contributed by atoms with van der Waals surface area (Å²) in [4.78, 5) is 13.0. The number of rotatable bonds is 4. The van der Waals surface area contributed by atoms with E-state index in [0.29, 0.717) is 6.42 Å². The Morgan fingerprint density at radius 3 is 2.47 bits per heavy atom. The van der Waals surface area contributed by atoms with Crippen molar-refractivity contribution in [2.45, 2.75) is 19.3 Å². The second-order valence-corrected chi connectivity index (χ2v) is 3.79. The van der Waals surface area contributed by atoms with Gasteiger partial charge in [-0.3, -0.25) is 4.79 Å². The van der Waals surface area contributed by atoms with Gasteiger partial charge < -0.3 is 10.0 Å². The van der Waals surface area contributed by atoms with Gasteiger partial charge in [-0.25, -0.2) is 0 Å². The fraction of sp³-hybridized carbons (Fsp3) is 0.417. The Morgan fingerprint density at radius 2 is 2.00 bits per heavy atom. The molecule has 3 nitrogen and oxygen atoms in total. The number of anilines is 1. The monoisotopic (exact) mass is 205 g/mol. The summed E-state index contributed by atoms with van der Waals surface area (Å²) >= 11 is 0. The molecule has 0 spiro atoms. The van der Waals surface area contributed by atoms with Crippen LogP contribution in [0.5, 0.6) is 0 Å². The number of aliphatic hydroxyl groups excluding tert-OH is 1. The number of amides is 1. The van der Waals surface area contributed by atoms with Crippen LogP contribution >= 0.6 is 0 Å². The minimum absolute atomic E-state index is 0.207. The molecule has 1 aliphatic rings. The average Bonchev–Trinajstić information content (AvgIpc) is 2.26. The molecular weight excluding hydrogens is 190 g/mol. The van der Waals surface area contributed by atoms with Crippen LogP contribution in [0.2, 0.25) is 0 Å². The van der Waals surface area contributed by atoms with Gasteiger partial charge in [-0.15, -0.1) is 0 Å². The zero-order valence-electron chi connectivity index (χ0n) is 8.65. The summed E-state index contributed by atoms with van der Waals surface area (Å²) < 4.78 is 0. The Balaban J connectivity index is 2.00. The number of hydrogen-bond donors (Lipinski definition) is 1. The van der Waals surface area contributed by atoms with Gasteiger partial charge in [0, 0.05) is 25.3 Å². The van der Waals surface area contributed by atoms with E-state index < -0.39 is 0 Å². The van der Waals surface area contributed by atoms with Crippen molar-refractivity contribution in [3.8, 4) is 0 Å². The van der Waals surface area contributed by atoms with Crippen LogP contribution in [-0.4, -0.2) is 24.2 Å². The third-order valence-electron chi connectivity index (χ3n) is 2.72. The minimum Gasteiger partial charge on any atom is -0.396 e. The molecule has 1 fully saturated rings. The van der Waals surface area contributed by atoms with Gasteiger partial charge in [-0.1, -0.05) is 12.1 Å². The molecule has 1 aliphatic heterocycles. The largest absolute Gasteiger partial charge is 0.396 e. The van der Waals surface area contributed by atoms with Crippen molar-refractivity contribution in [3.05, 3.63) is 29.8 Å². The molecule has 1 aromatic carbocycles. The molecule has 0 unspecified atom stereocenters. The number of β-lactam (4-membered cyclic amide) rings is 1. The number of benzene rings is 1. The third kappa shape index (κ3) is 2.18. The van der Waals surface area contributed by atoms with Gasteiger partial charge in [0.15, 0.2) is 0 Å². The van der Waals surface area contributed by atoms with Gasteiger partial charge >= 0.3 is 0 Å². The van der Waals surface area contributed by atoms with E-state index in [1.807, 2.05) is 24.3 Å². The molecule has 0 aliphatic carbocycles. The van der Waals surface area contributed by atoms with Crippen molar-refractivity contribution in [3.63, 3.8) is 0 Å². The molecule has 0 bridgehead atoms. The van der Waals surface area contributed by atoms with Crippen LogP contribution in [-0.2, 0) is 11.2 Å². The lowest BCUT2D eigenvalue weighted by molar-refractivity contribution is -0.122. The summed E-state index contributed by atoms with van der Waals surface area (Å²) in [5, 5.41) is 8.70. The SMILES string of the molecule is O=C1CCN1c1ccc(CCCO)cc1. The summed E-state index contributed by atoms with van der Waals surface area (Å²) in [6.45, 7) is 1.07. The molecule has 3 heteroatoms. The van der Waals surface area contributed by atoms with E-state index in [1.54, 1.807) is 4.90 Å². The summed E-state index contributed by atoms with van der Waals surface area (Å²) in [6, 6.07) is 8.00. The predicted octanol–water partition coefficient (Wildman–Crippen LogP) is 1.35. The average molecular weight is 205 g/mol. The van der Waals surface area contributed by atoms with Gasteiger partial charge in [-0.05, 0) is 30.5 Å². The van der Waals surface area contributed by atoms with Crippen molar-refractivity contribution in [1.29, 1.82) is 0 Å². The Bertz CT molecular complexity index is 345. The number of aryl methyl sites for hydroxylation is 1. The van der Waals surface area contributed by atoms with Crippen molar-refractivity contribution < 1.29 is 9.90 Å². The molecule has 0 saturated carbocycles. The summed E-state index contributed by atoms with van der Waals surface area (Å²) in [5.74, 6) is 0.207. The fourth-order valence-electron chi connectivity index (χ4n) is 1.71. The van der Waals surface area contributed by atoms with E-state index in [0.717, 1.165) is 25.1 Å². The highest BCUT2D eigenvalue weighted by molar-refractivity contribution is 5.99. The number of aliphatic hydroxyl groups is 1. The van der Waals surface area contributed by atoms with E-state index in [1.165, 1.54) is 5.56 Å². The second kappa shape index (κ2) is 4.45. The lowest BCUT2D eigenvalue weighted by Gasteiger charge is -2.30. The lowest BCUT2D eigenvalue weighted by atomic mass is 10.1. The minimum atomic E-state index is 0.207. The third-order valence-corrected chi connectivity index (χ3v) is 2.72. The van der Waals surface area contributed by atoms with Crippen LogP contribution in [0.1, 0.15) is 18.4 Å². The molecule has 15 heavy (non-hydrogen) atoms. The van der Waals surface area contributed by atoms with Gasteiger partial charge in [0.05, 0.1) is 0 Å². The Morgan fingerprint density at radius 1 is 1.27 bits per heavy atom. The molecular formula is C12H15NO2. The summed E-state index contributed by atoms with van der Waals surface area (Å²) in [7, 11) is 0. The zero-order valence-corrected chi connectivity index (χ0v) is 8.65. The molecule has 1 amide bonds. The predicted molar refractivity (Wildman–Crippen MR) is 58.8 cm³/mol. The van der Waals surface area contributed by atoms with Gasteiger partial charge in [0.2, 0.25) is 5.91 Å². The fourth-order valence-corrected chi connectivity index (χ4v) is 1.71. The van der Waals surface area contributed by atoms with E-state index in [2.05, 4.69) is 0 Å². The molecule has 1 aromatic rings. The maximum absolute atomic E-state index is 11.2. The van der Waals surface area contributed by atoms with Gasteiger partial charge in [-0.2, -0.15) is 0 Å². The number of nitrogens with zero attached hydrogens (tertiary/aromatic N) is 1. The van der Waals surface area contributed by atoms with Crippen LogP contribution < -0.4 is 4.90 Å². The number of hydrogen-bond acceptors (Lipinski definition) is 2. The Hall–Kier alpha value is -1.35. The normalized spacial score (nSPS) is 15.3. The first-order valence-corrected chi connectivity index (χ1v) is 5.31. The zero-order chi connectivity index (χ0) is 10.7. The quantitative estimate of drug-likeness (QED) is 0.754. The Labute approximate surface area is 89.3 Å².